The summed E-state index contributed by atoms with van der Waals surface area (Å²) in [5, 5.41) is 2.49. The predicted molar refractivity (Wildman–Crippen MR) is 401 cm³/mol. The van der Waals surface area contributed by atoms with E-state index in [1.54, 1.807) is 5.57 Å². The van der Waals surface area contributed by atoms with Crippen molar-refractivity contribution in [3.05, 3.63) is 307 Å². The molecule has 1 aromatic heterocycles. The number of fused-ring (bicyclic) bond motifs is 14. The number of anilines is 9. The summed E-state index contributed by atoms with van der Waals surface area (Å²) in [6.45, 7) is 16.2. The van der Waals surface area contributed by atoms with Crippen molar-refractivity contribution < 1.29 is 0 Å². The van der Waals surface area contributed by atoms with Gasteiger partial charge in [0.2, 0.25) is 0 Å². The van der Waals surface area contributed by atoms with Gasteiger partial charge in [0.15, 0.2) is 0 Å². The minimum absolute atomic E-state index is 0.00320. The molecule has 4 nitrogen and oxygen atoms in total. The SMILES string of the molecule is CC1CC2C=C3C2C(C1)C31c2ccccc2-c2cc3c(cc21)B1c2ccc(-n4c5ccccc5c5ccccc54)cc2N(c2ccccc2-c2ccc(C(C)(C)C)cc2)c2cc(N(c4ccccc4)c4ccccc4)cc(c21)N3c1ccccc1-c1ccc(C(C)(C)C)cc1. The molecule has 0 saturated heterocycles. The van der Waals surface area contributed by atoms with Crippen molar-refractivity contribution in [2.45, 2.75) is 77.6 Å². The summed E-state index contributed by atoms with van der Waals surface area (Å²) in [6, 6.07) is 105. The molecular weight excluding hydrogens is 1150 g/mol. The van der Waals surface area contributed by atoms with Crippen LogP contribution in [-0.2, 0) is 16.2 Å². The highest BCUT2D eigenvalue weighted by molar-refractivity contribution is 7.00. The summed E-state index contributed by atoms with van der Waals surface area (Å²) in [6.07, 6.45) is 5.28. The molecule has 4 aliphatic carbocycles. The van der Waals surface area contributed by atoms with Crippen molar-refractivity contribution >= 4 is 96.1 Å². The number of aromatic nitrogens is 1. The largest absolute Gasteiger partial charge is 0.311 e. The van der Waals surface area contributed by atoms with Crippen LogP contribution in [0.5, 0.6) is 0 Å². The summed E-state index contributed by atoms with van der Waals surface area (Å²) >= 11 is 0. The van der Waals surface area contributed by atoms with Crippen molar-refractivity contribution in [3.63, 3.8) is 0 Å². The fourth-order valence-electron chi connectivity index (χ4n) is 18.6. The highest BCUT2D eigenvalue weighted by Crippen LogP contribution is 2.76. The smallest absolute Gasteiger partial charge is 0.252 e. The third kappa shape index (κ3) is 8.14. The first-order valence-corrected chi connectivity index (χ1v) is 34.5. The Balaban J connectivity index is 0.961. The minimum atomic E-state index is -0.174. The lowest BCUT2D eigenvalue weighted by Crippen LogP contribution is -2.64. The molecule has 0 amide bonds. The minimum Gasteiger partial charge on any atom is -0.311 e. The lowest BCUT2D eigenvalue weighted by Gasteiger charge is -2.67. The van der Waals surface area contributed by atoms with E-state index in [2.05, 4.69) is 347 Å². The van der Waals surface area contributed by atoms with Gasteiger partial charge in [-0.05, 0) is 187 Å². The quantitative estimate of drug-likeness (QED) is 0.111. The lowest BCUT2D eigenvalue weighted by atomic mass is 9.32. The summed E-state index contributed by atoms with van der Waals surface area (Å²) in [5.41, 5.74) is 32.3. The van der Waals surface area contributed by atoms with Crippen molar-refractivity contribution in [2.24, 2.45) is 23.7 Å². The molecule has 5 atom stereocenters. The average Bonchev–Trinajstić information content (AvgIpc) is 1.58. The van der Waals surface area contributed by atoms with Gasteiger partial charge in [-0.1, -0.05) is 254 Å². The van der Waals surface area contributed by atoms with Crippen LogP contribution in [0.3, 0.4) is 0 Å². The maximum Gasteiger partial charge on any atom is 0.252 e. The molecule has 2 saturated carbocycles. The Morgan fingerprint density at radius 1 is 0.411 bits per heavy atom. The van der Waals surface area contributed by atoms with Gasteiger partial charge in [0.1, 0.15) is 0 Å². The summed E-state index contributed by atoms with van der Waals surface area (Å²) in [4.78, 5) is 7.87. The maximum absolute atomic E-state index is 2.78. The lowest BCUT2D eigenvalue weighted by molar-refractivity contribution is 0.0147. The summed E-state index contributed by atoms with van der Waals surface area (Å²) < 4.78 is 2.51. The number of nitrogens with zero attached hydrogens (tertiary/aromatic N) is 4. The molecule has 6 aliphatic rings. The van der Waals surface area contributed by atoms with Crippen molar-refractivity contribution in [2.75, 3.05) is 14.7 Å². The first-order valence-electron chi connectivity index (χ1n) is 34.5. The molecule has 5 unspecified atom stereocenters. The van der Waals surface area contributed by atoms with Crippen LogP contribution in [-0.4, -0.2) is 11.3 Å². The molecule has 2 aliphatic heterocycles. The zero-order valence-electron chi connectivity index (χ0n) is 55.1. The van der Waals surface area contributed by atoms with Gasteiger partial charge in [-0.15, -0.1) is 0 Å². The highest BCUT2D eigenvalue weighted by atomic mass is 15.2. The van der Waals surface area contributed by atoms with E-state index in [-0.39, 0.29) is 23.0 Å². The van der Waals surface area contributed by atoms with E-state index in [4.69, 9.17) is 0 Å². The van der Waals surface area contributed by atoms with Crippen LogP contribution < -0.4 is 31.1 Å². The van der Waals surface area contributed by atoms with Gasteiger partial charge in [-0.25, -0.2) is 0 Å². The second-order valence-electron chi connectivity index (χ2n) is 30.1. The number of rotatable bonds is 8. The Morgan fingerprint density at radius 3 is 1.48 bits per heavy atom. The predicted octanol–water partition coefficient (Wildman–Crippen LogP) is 21.8. The fraction of sp³-hybridized carbons (Fsp3) is 0.178. The van der Waals surface area contributed by atoms with Crippen LogP contribution in [0.1, 0.15) is 83.6 Å². The molecule has 0 N–H and O–H groups in total. The molecule has 5 heteroatoms. The molecule has 13 aromatic rings. The molecular formula is C90H75BN4. The molecule has 2 fully saturated rings. The number of para-hydroxylation sites is 6. The molecule has 19 rings (SSSR count). The number of hydrogen-bond acceptors (Lipinski definition) is 3. The third-order valence-electron chi connectivity index (χ3n) is 22.8. The van der Waals surface area contributed by atoms with E-state index in [1.807, 2.05) is 0 Å². The number of hydrogen-bond donors (Lipinski definition) is 0. The van der Waals surface area contributed by atoms with Crippen LogP contribution in [0.4, 0.5) is 51.2 Å². The monoisotopic (exact) mass is 1220 g/mol. The van der Waals surface area contributed by atoms with Gasteiger partial charge in [-0.3, -0.25) is 0 Å². The summed E-state index contributed by atoms with van der Waals surface area (Å²) in [7, 11) is 0. The van der Waals surface area contributed by atoms with Gasteiger partial charge in [0.05, 0.1) is 28.1 Å². The van der Waals surface area contributed by atoms with Crippen LogP contribution >= 0.6 is 0 Å². The number of benzene rings is 12. The van der Waals surface area contributed by atoms with E-state index >= 15 is 0 Å². The zero-order valence-corrected chi connectivity index (χ0v) is 55.1. The van der Waals surface area contributed by atoms with Gasteiger partial charge in [0.25, 0.3) is 6.71 Å². The standard InChI is InChI=1S/C90H75BN4/c1-56-48-59-50-75-86(59)74(49-56)90(75)72-33-19-14-30-68(72)71-54-83-77(55-73(71)90)91-76-47-46-64(93-80-36-22-17-31-69(80)70-32-18-23-37-81(70)93)51-82(76)94(78-34-20-15-28-66(78)57-38-42-60(43-39-57)88(2,3)4)84-52-65(92(62-24-10-8-11-25-62)63-26-12-9-13-27-63)53-85(87(84)91)95(83)79-35-21-16-29-67(79)58-40-44-61(45-41-58)89(5,6)7/h8-47,50-56,59,74,86H,48-49H2,1-7H3. The first kappa shape index (κ1) is 56.2. The van der Waals surface area contributed by atoms with Gasteiger partial charge < -0.3 is 19.3 Å². The normalized spacial score (nSPS) is 19.3. The Bertz CT molecular complexity index is 5240. The molecule has 1 spiro atoms. The van der Waals surface area contributed by atoms with E-state index < -0.39 is 0 Å². The van der Waals surface area contributed by atoms with Crippen molar-refractivity contribution in [1.29, 1.82) is 0 Å². The van der Waals surface area contributed by atoms with Crippen molar-refractivity contribution in [1.82, 2.24) is 4.57 Å². The maximum atomic E-state index is 2.78. The molecule has 3 heterocycles. The van der Waals surface area contributed by atoms with Crippen LogP contribution in [0.25, 0.3) is 60.9 Å². The van der Waals surface area contributed by atoms with Gasteiger partial charge >= 0.3 is 0 Å². The molecule has 458 valence electrons. The highest BCUT2D eigenvalue weighted by Gasteiger charge is 2.69. The van der Waals surface area contributed by atoms with Gasteiger partial charge in [-0.2, -0.15) is 0 Å². The molecule has 0 bridgehead atoms. The Morgan fingerprint density at radius 2 is 0.916 bits per heavy atom. The van der Waals surface area contributed by atoms with Gasteiger partial charge in [0, 0.05) is 67.1 Å². The van der Waals surface area contributed by atoms with Crippen LogP contribution in [0.2, 0.25) is 0 Å². The first-order chi connectivity index (χ1) is 46.3. The Hall–Kier alpha value is -10.4. The van der Waals surface area contributed by atoms with Crippen molar-refractivity contribution in [3.8, 4) is 39.1 Å². The topological polar surface area (TPSA) is 14.7 Å². The fourth-order valence-corrected chi connectivity index (χ4v) is 18.6. The zero-order chi connectivity index (χ0) is 63.8. The average molecular weight is 1220 g/mol. The van der Waals surface area contributed by atoms with E-state index in [9.17, 15) is 0 Å². The van der Waals surface area contributed by atoms with E-state index in [0.717, 1.165) is 45.5 Å². The second-order valence-corrected chi connectivity index (χ2v) is 30.1. The molecule has 0 radical (unpaired) electrons. The Kier molecular flexibility index (Phi) is 12.2. The third-order valence-corrected chi connectivity index (χ3v) is 22.8. The summed E-state index contributed by atoms with van der Waals surface area (Å²) in [5.74, 6) is 2.56. The molecule has 12 aromatic carbocycles. The van der Waals surface area contributed by atoms with E-state index in [1.165, 1.54) is 118 Å². The van der Waals surface area contributed by atoms with Crippen LogP contribution in [0.15, 0.2) is 285 Å². The Labute approximate surface area is 559 Å². The number of allylic oxidation sites excluding steroid dienone is 2. The van der Waals surface area contributed by atoms with Crippen LogP contribution in [0, 0.1) is 23.7 Å². The molecule has 95 heavy (non-hydrogen) atoms. The second kappa shape index (κ2) is 20.6. The van der Waals surface area contributed by atoms with E-state index in [0.29, 0.717) is 23.7 Å².